The Morgan fingerprint density at radius 1 is 1.07 bits per heavy atom. The molecule has 0 heterocycles. The maximum atomic E-state index is 12.1. The highest BCUT2D eigenvalue weighted by Crippen LogP contribution is 2.18. The number of fused-ring (bicyclic) bond motifs is 1. The Kier molecular flexibility index (Phi) is 5.69. The molecular formula is C21H17N3O3. The van der Waals surface area contributed by atoms with Crippen LogP contribution in [0.4, 0.5) is 5.69 Å². The van der Waals surface area contributed by atoms with E-state index in [0.717, 1.165) is 16.3 Å². The molecule has 0 aliphatic heterocycles. The zero-order valence-electron chi connectivity index (χ0n) is 14.4. The minimum atomic E-state index is -0.446. The van der Waals surface area contributed by atoms with Gasteiger partial charge in [0.15, 0.2) is 0 Å². The fourth-order valence-corrected chi connectivity index (χ4v) is 2.71. The Morgan fingerprint density at radius 2 is 1.85 bits per heavy atom. The third-order valence-corrected chi connectivity index (χ3v) is 3.95. The summed E-state index contributed by atoms with van der Waals surface area (Å²) >= 11 is 0. The normalized spacial score (nSPS) is 11.3. The molecule has 0 saturated heterocycles. The van der Waals surface area contributed by atoms with Crippen LogP contribution in [0.25, 0.3) is 16.8 Å². The van der Waals surface area contributed by atoms with Gasteiger partial charge < -0.3 is 0 Å². The van der Waals surface area contributed by atoms with Gasteiger partial charge in [-0.25, -0.2) is 5.43 Å². The molecule has 27 heavy (non-hydrogen) atoms. The molecule has 0 atom stereocenters. The number of carbonyl (C=O) groups excluding carboxylic acids is 1. The molecule has 1 N–H and O–H groups in total. The Bertz CT molecular complexity index is 1040. The smallest absolute Gasteiger partial charge is 0.270 e. The number of amides is 1. The lowest BCUT2D eigenvalue weighted by molar-refractivity contribution is -0.384. The van der Waals surface area contributed by atoms with Gasteiger partial charge in [0.05, 0.1) is 11.3 Å². The van der Waals surface area contributed by atoms with Gasteiger partial charge >= 0.3 is 0 Å². The number of non-ortho nitro benzene ring substituents is 1. The van der Waals surface area contributed by atoms with E-state index in [0.29, 0.717) is 5.56 Å². The molecule has 134 valence electrons. The number of nitro benzene ring substituents is 1. The average molecular weight is 359 g/mol. The van der Waals surface area contributed by atoms with Crippen molar-refractivity contribution >= 4 is 34.7 Å². The van der Waals surface area contributed by atoms with E-state index >= 15 is 0 Å². The van der Waals surface area contributed by atoms with E-state index in [-0.39, 0.29) is 18.0 Å². The standard InChI is InChI=1S/C21H17N3O3/c25-21(15-18-10-4-9-17-8-1-2-12-20(17)18)23-22-13-5-7-16-6-3-11-19(14-16)24(26)27/h1-14H,15H2,(H,23,25)/b7-5+,22-13?. The van der Waals surface area contributed by atoms with Gasteiger partial charge in [-0.3, -0.25) is 14.9 Å². The summed E-state index contributed by atoms with van der Waals surface area (Å²) in [5.41, 5.74) is 4.12. The van der Waals surface area contributed by atoms with E-state index in [1.54, 1.807) is 24.3 Å². The van der Waals surface area contributed by atoms with Crippen molar-refractivity contribution in [1.29, 1.82) is 0 Å². The Hall–Kier alpha value is -3.80. The topological polar surface area (TPSA) is 84.6 Å². The van der Waals surface area contributed by atoms with Crippen molar-refractivity contribution in [3.8, 4) is 0 Å². The van der Waals surface area contributed by atoms with Crippen molar-refractivity contribution in [2.24, 2.45) is 5.10 Å². The highest BCUT2D eigenvalue weighted by Gasteiger charge is 2.06. The third-order valence-electron chi connectivity index (χ3n) is 3.95. The van der Waals surface area contributed by atoms with Crippen molar-refractivity contribution in [3.05, 3.63) is 94.0 Å². The van der Waals surface area contributed by atoms with Gasteiger partial charge in [-0.2, -0.15) is 5.10 Å². The molecule has 3 aromatic carbocycles. The predicted molar refractivity (Wildman–Crippen MR) is 106 cm³/mol. The van der Waals surface area contributed by atoms with Crippen LogP contribution in [0.1, 0.15) is 11.1 Å². The van der Waals surface area contributed by atoms with Gasteiger partial charge in [0, 0.05) is 18.3 Å². The summed E-state index contributed by atoms with van der Waals surface area (Å²) in [6.45, 7) is 0. The van der Waals surface area contributed by atoms with E-state index in [1.165, 1.54) is 18.3 Å². The van der Waals surface area contributed by atoms with Crippen LogP contribution in [-0.4, -0.2) is 17.0 Å². The second-order valence-electron chi connectivity index (χ2n) is 5.84. The molecule has 3 aromatic rings. The van der Waals surface area contributed by atoms with Crippen LogP contribution in [0.2, 0.25) is 0 Å². The third kappa shape index (κ3) is 4.85. The molecule has 0 bridgehead atoms. The summed E-state index contributed by atoms with van der Waals surface area (Å²) in [5.74, 6) is -0.216. The van der Waals surface area contributed by atoms with Crippen LogP contribution < -0.4 is 5.43 Å². The maximum Gasteiger partial charge on any atom is 0.270 e. The molecule has 6 nitrogen and oxygen atoms in total. The predicted octanol–water partition coefficient (Wildman–Crippen LogP) is 4.11. The second kappa shape index (κ2) is 8.53. The van der Waals surface area contributed by atoms with E-state index in [9.17, 15) is 14.9 Å². The van der Waals surface area contributed by atoms with Gasteiger partial charge in [-0.05, 0) is 28.0 Å². The largest absolute Gasteiger partial charge is 0.273 e. The van der Waals surface area contributed by atoms with Crippen molar-refractivity contribution in [1.82, 2.24) is 5.43 Å². The fraction of sp³-hybridized carbons (Fsp3) is 0.0476. The minimum Gasteiger partial charge on any atom is -0.273 e. The number of nitro groups is 1. The van der Waals surface area contributed by atoms with Gasteiger partial charge in [0.25, 0.3) is 5.69 Å². The summed E-state index contributed by atoms with van der Waals surface area (Å²) in [5, 5.41) is 16.8. The number of benzene rings is 3. The van der Waals surface area contributed by atoms with Gasteiger partial charge in [0.1, 0.15) is 0 Å². The summed E-state index contributed by atoms with van der Waals surface area (Å²) in [7, 11) is 0. The van der Waals surface area contributed by atoms with Gasteiger partial charge in [-0.15, -0.1) is 0 Å². The van der Waals surface area contributed by atoms with Crippen LogP contribution >= 0.6 is 0 Å². The first-order valence-corrected chi connectivity index (χ1v) is 8.33. The lowest BCUT2D eigenvalue weighted by Gasteiger charge is -2.05. The Labute approximate surface area is 156 Å². The first kappa shape index (κ1) is 18.0. The molecule has 0 spiro atoms. The van der Waals surface area contributed by atoms with Crippen LogP contribution in [0.3, 0.4) is 0 Å². The molecule has 6 heteroatoms. The van der Waals surface area contributed by atoms with E-state index < -0.39 is 4.92 Å². The number of hydrazone groups is 1. The van der Waals surface area contributed by atoms with E-state index in [2.05, 4.69) is 10.5 Å². The number of nitrogens with zero attached hydrogens (tertiary/aromatic N) is 2. The Morgan fingerprint density at radius 3 is 2.70 bits per heavy atom. The Balaban J connectivity index is 1.57. The van der Waals surface area contributed by atoms with Crippen LogP contribution in [0.5, 0.6) is 0 Å². The molecule has 0 aromatic heterocycles. The minimum absolute atomic E-state index is 0.0254. The van der Waals surface area contributed by atoms with Crippen LogP contribution in [0, 0.1) is 10.1 Å². The summed E-state index contributed by atoms with van der Waals surface area (Å²) < 4.78 is 0. The monoisotopic (exact) mass is 359 g/mol. The first-order chi connectivity index (χ1) is 13.1. The molecule has 1 amide bonds. The summed E-state index contributed by atoms with van der Waals surface area (Å²) in [6.07, 6.45) is 4.94. The number of hydrogen-bond acceptors (Lipinski definition) is 4. The number of carbonyl (C=O) groups is 1. The zero-order valence-corrected chi connectivity index (χ0v) is 14.4. The molecule has 0 saturated carbocycles. The molecule has 0 unspecified atom stereocenters. The quantitative estimate of drug-likeness (QED) is 0.408. The first-order valence-electron chi connectivity index (χ1n) is 8.33. The van der Waals surface area contributed by atoms with Crippen molar-refractivity contribution in [3.63, 3.8) is 0 Å². The summed E-state index contributed by atoms with van der Waals surface area (Å²) in [6, 6.07) is 20.0. The highest BCUT2D eigenvalue weighted by molar-refractivity contribution is 5.90. The van der Waals surface area contributed by atoms with E-state index in [1.807, 2.05) is 42.5 Å². The molecule has 0 radical (unpaired) electrons. The molecule has 0 aliphatic rings. The zero-order chi connectivity index (χ0) is 19.1. The second-order valence-corrected chi connectivity index (χ2v) is 5.84. The van der Waals surface area contributed by atoms with E-state index in [4.69, 9.17) is 0 Å². The van der Waals surface area contributed by atoms with Gasteiger partial charge in [-0.1, -0.05) is 60.7 Å². The fourth-order valence-electron chi connectivity index (χ4n) is 2.71. The average Bonchev–Trinajstić information content (AvgIpc) is 2.68. The number of rotatable bonds is 6. The molecule has 0 fully saturated rings. The van der Waals surface area contributed by atoms with Crippen molar-refractivity contribution in [2.45, 2.75) is 6.42 Å². The molecular weight excluding hydrogens is 342 g/mol. The SMILES string of the molecule is O=C(Cc1cccc2ccccc12)NN=C/C=C/c1cccc([N+](=O)[O-])c1. The van der Waals surface area contributed by atoms with Crippen molar-refractivity contribution < 1.29 is 9.72 Å². The molecule has 0 aliphatic carbocycles. The van der Waals surface area contributed by atoms with Crippen LogP contribution in [0.15, 0.2) is 77.9 Å². The lowest BCUT2D eigenvalue weighted by atomic mass is 10.0. The van der Waals surface area contributed by atoms with Gasteiger partial charge in [0.2, 0.25) is 5.91 Å². The van der Waals surface area contributed by atoms with Crippen molar-refractivity contribution in [2.75, 3.05) is 0 Å². The summed E-state index contributed by atoms with van der Waals surface area (Å²) in [4.78, 5) is 22.4. The number of nitrogens with one attached hydrogen (secondary N) is 1. The number of allylic oxidation sites excluding steroid dienone is 1. The lowest BCUT2D eigenvalue weighted by Crippen LogP contribution is -2.19. The molecule has 3 rings (SSSR count). The maximum absolute atomic E-state index is 12.1. The van der Waals surface area contributed by atoms with Crippen LogP contribution in [-0.2, 0) is 11.2 Å². The highest BCUT2D eigenvalue weighted by atomic mass is 16.6. The number of hydrogen-bond donors (Lipinski definition) is 1.